The van der Waals surface area contributed by atoms with E-state index >= 15 is 0 Å². The van der Waals surface area contributed by atoms with Crippen molar-refractivity contribution < 1.29 is 23.9 Å². The predicted octanol–water partition coefficient (Wildman–Crippen LogP) is 10.5. The van der Waals surface area contributed by atoms with Crippen molar-refractivity contribution in [1.82, 2.24) is 9.80 Å². The van der Waals surface area contributed by atoms with E-state index in [2.05, 4.69) is 30.9 Å². The van der Waals surface area contributed by atoms with E-state index in [-0.39, 0.29) is 17.2 Å². The molecule has 0 rings (SSSR count). The molecule has 0 aromatic rings. The van der Waals surface area contributed by atoms with Crippen molar-refractivity contribution in [2.45, 2.75) is 155 Å². The number of thioether (sulfide) groups is 1. The second-order valence-electron chi connectivity index (χ2n) is 12.9. The van der Waals surface area contributed by atoms with Gasteiger partial charge >= 0.3 is 11.9 Å². The maximum absolute atomic E-state index is 12.9. The third-order valence-corrected chi connectivity index (χ3v) is 9.00. The Bertz CT molecular complexity index is 750. The fourth-order valence-corrected chi connectivity index (χ4v) is 6.08. The van der Waals surface area contributed by atoms with Gasteiger partial charge in [-0.25, -0.2) is 0 Å². The Labute approximate surface area is 294 Å². The Morgan fingerprint density at radius 2 is 0.957 bits per heavy atom. The Hall–Kier alpha value is -1.80. The summed E-state index contributed by atoms with van der Waals surface area (Å²) in [4.78, 5) is 41.0. The Morgan fingerprint density at radius 1 is 0.532 bits per heavy atom. The van der Waals surface area contributed by atoms with Gasteiger partial charge in [0.2, 0.25) is 0 Å². The Kier molecular flexibility index (Phi) is 34.1. The molecule has 0 atom stereocenters. The van der Waals surface area contributed by atoms with Gasteiger partial charge in [-0.3, -0.25) is 14.4 Å². The van der Waals surface area contributed by atoms with Gasteiger partial charge in [0.05, 0.1) is 0 Å². The molecule has 0 N–H and O–H groups in total. The van der Waals surface area contributed by atoms with Crippen molar-refractivity contribution in [1.29, 1.82) is 0 Å². The minimum absolute atomic E-state index is 0.108. The molecule has 1 amide bonds. The molecule has 0 aliphatic carbocycles. The average molecular weight is 681 g/mol. The Balaban J connectivity index is 4.07. The van der Waals surface area contributed by atoms with Crippen LogP contribution in [0, 0.1) is 0 Å². The lowest BCUT2D eigenvalue weighted by atomic mass is 10.1. The zero-order valence-electron chi connectivity index (χ0n) is 31.0. The summed E-state index contributed by atoms with van der Waals surface area (Å²) in [6.07, 6.45) is 31.3. The van der Waals surface area contributed by atoms with Gasteiger partial charge < -0.3 is 19.3 Å². The molecule has 0 spiro atoms. The molecule has 47 heavy (non-hydrogen) atoms. The van der Waals surface area contributed by atoms with Crippen molar-refractivity contribution >= 4 is 28.9 Å². The van der Waals surface area contributed by atoms with Crippen LogP contribution in [0.15, 0.2) is 24.3 Å². The molecule has 0 heterocycles. The summed E-state index contributed by atoms with van der Waals surface area (Å²) in [5.41, 5.74) is 0. The number of allylic oxidation sites excluding steroid dienone is 2. The fraction of sp³-hybridized carbons (Fsp3) is 0.821. The molecule has 0 bridgehead atoms. The molecular formula is C39H72N2O5S. The van der Waals surface area contributed by atoms with Gasteiger partial charge in [-0.15, -0.1) is 0 Å². The number of ether oxygens (including phenoxy) is 2. The SMILES string of the molecule is CCCCCC/C=C\COC(=O)CCCCCCCN(CCCCCCCC(=O)OC/C=C\CCCCCC)C(=O)SCCN(C)C. The highest BCUT2D eigenvalue weighted by Crippen LogP contribution is 2.15. The van der Waals surface area contributed by atoms with Gasteiger partial charge in [-0.2, -0.15) is 0 Å². The van der Waals surface area contributed by atoms with Gasteiger partial charge in [-0.1, -0.05) is 127 Å². The normalized spacial score (nSPS) is 11.6. The largest absolute Gasteiger partial charge is 0.461 e. The maximum atomic E-state index is 12.9. The van der Waals surface area contributed by atoms with E-state index in [4.69, 9.17) is 9.47 Å². The molecule has 8 heteroatoms. The quantitative estimate of drug-likeness (QED) is 0.0388. The number of hydrogen-bond acceptors (Lipinski definition) is 7. The first-order valence-corrected chi connectivity index (χ1v) is 20.1. The van der Waals surface area contributed by atoms with Crippen LogP contribution in [0.1, 0.15) is 155 Å². The molecule has 0 saturated carbocycles. The topological polar surface area (TPSA) is 76.1 Å². The lowest BCUT2D eigenvalue weighted by Gasteiger charge is -2.22. The molecule has 0 fully saturated rings. The first kappa shape index (κ1) is 45.2. The standard InChI is InChI=1S/C39H72N2O5S/c1-5-7-9-11-13-21-27-34-45-37(42)29-23-17-15-19-25-31-41(39(44)47-36-33-40(3)4)32-26-20-16-18-24-30-38(43)46-35-28-22-14-12-10-8-6-2/h21-22,27-28H,5-20,23-26,29-36H2,1-4H3/b27-21-,28-22-. The van der Waals surface area contributed by atoms with Crippen molar-refractivity contribution in [2.75, 3.05) is 52.7 Å². The van der Waals surface area contributed by atoms with E-state index in [1.807, 2.05) is 31.1 Å². The van der Waals surface area contributed by atoms with Gasteiger partial charge in [0.25, 0.3) is 5.24 Å². The Morgan fingerprint density at radius 3 is 1.40 bits per heavy atom. The molecule has 0 radical (unpaired) electrons. The molecule has 0 aliphatic heterocycles. The summed E-state index contributed by atoms with van der Waals surface area (Å²) >= 11 is 1.42. The summed E-state index contributed by atoms with van der Waals surface area (Å²) in [5, 5.41) is 0.183. The van der Waals surface area contributed by atoms with Crippen LogP contribution in [0.4, 0.5) is 4.79 Å². The molecule has 0 unspecified atom stereocenters. The van der Waals surface area contributed by atoms with Crippen LogP contribution in [0.5, 0.6) is 0 Å². The van der Waals surface area contributed by atoms with Crippen LogP contribution in [0.2, 0.25) is 0 Å². The van der Waals surface area contributed by atoms with E-state index in [0.29, 0.717) is 26.1 Å². The van der Waals surface area contributed by atoms with Gasteiger partial charge in [-0.05, 0) is 65.5 Å². The number of esters is 2. The second kappa shape index (κ2) is 35.5. The third kappa shape index (κ3) is 33.9. The van der Waals surface area contributed by atoms with Crippen LogP contribution in [-0.2, 0) is 19.1 Å². The van der Waals surface area contributed by atoms with Crippen molar-refractivity contribution in [2.24, 2.45) is 0 Å². The van der Waals surface area contributed by atoms with E-state index < -0.39 is 0 Å². The van der Waals surface area contributed by atoms with E-state index in [0.717, 1.165) is 102 Å². The molecule has 7 nitrogen and oxygen atoms in total. The van der Waals surface area contributed by atoms with E-state index in [1.54, 1.807) is 0 Å². The average Bonchev–Trinajstić information content (AvgIpc) is 3.05. The summed E-state index contributed by atoms with van der Waals surface area (Å²) in [7, 11) is 4.06. The summed E-state index contributed by atoms with van der Waals surface area (Å²) < 4.78 is 10.6. The number of carbonyl (C=O) groups excluding carboxylic acids is 3. The van der Waals surface area contributed by atoms with Crippen LogP contribution in [-0.4, -0.2) is 79.7 Å². The van der Waals surface area contributed by atoms with Crippen molar-refractivity contribution in [3.63, 3.8) is 0 Å². The smallest absolute Gasteiger partial charge is 0.306 e. The lowest BCUT2D eigenvalue weighted by Crippen LogP contribution is -2.30. The van der Waals surface area contributed by atoms with Gasteiger partial charge in [0.1, 0.15) is 13.2 Å². The maximum Gasteiger partial charge on any atom is 0.306 e. The number of amides is 1. The number of hydrogen-bond donors (Lipinski definition) is 0. The summed E-state index contributed by atoms with van der Waals surface area (Å²) in [6, 6.07) is 0. The van der Waals surface area contributed by atoms with Crippen molar-refractivity contribution in [3.05, 3.63) is 24.3 Å². The zero-order valence-corrected chi connectivity index (χ0v) is 31.8. The minimum atomic E-state index is -0.108. The lowest BCUT2D eigenvalue weighted by molar-refractivity contribution is -0.143. The number of unbranched alkanes of at least 4 members (excludes halogenated alkanes) is 16. The number of carbonyl (C=O) groups is 3. The third-order valence-electron chi connectivity index (χ3n) is 8.10. The zero-order chi connectivity index (χ0) is 34.6. The number of rotatable bonds is 33. The second-order valence-corrected chi connectivity index (χ2v) is 14.0. The highest BCUT2D eigenvalue weighted by atomic mass is 32.2. The highest BCUT2D eigenvalue weighted by molar-refractivity contribution is 8.13. The summed E-state index contributed by atoms with van der Waals surface area (Å²) in [6.45, 7) is 7.67. The first-order chi connectivity index (χ1) is 22.9. The van der Waals surface area contributed by atoms with E-state index in [9.17, 15) is 14.4 Å². The van der Waals surface area contributed by atoms with Crippen LogP contribution in [0.25, 0.3) is 0 Å². The predicted molar refractivity (Wildman–Crippen MR) is 201 cm³/mol. The highest BCUT2D eigenvalue weighted by Gasteiger charge is 2.14. The van der Waals surface area contributed by atoms with Crippen LogP contribution in [0.3, 0.4) is 0 Å². The van der Waals surface area contributed by atoms with Crippen molar-refractivity contribution in [3.8, 4) is 0 Å². The molecule has 0 aromatic heterocycles. The molecule has 0 saturated heterocycles. The monoisotopic (exact) mass is 681 g/mol. The van der Waals surface area contributed by atoms with Crippen LogP contribution < -0.4 is 0 Å². The molecular weight excluding hydrogens is 609 g/mol. The van der Waals surface area contributed by atoms with Crippen LogP contribution >= 0.6 is 11.8 Å². The minimum Gasteiger partial charge on any atom is -0.461 e. The van der Waals surface area contributed by atoms with E-state index in [1.165, 1.54) is 63.1 Å². The molecule has 0 aliphatic rings. The molecule has 0 aromatic carbocycles. The molecule has 274 valence electrons. The van der Waals surface area contributed by atoms with Gasteiger partial charge in [0.15, 0.2) is 0 Å². The van der Waals surface area contributed by atoms with Gasteiger partial charge in [0, 0.05) is 38.2 Å². The first-order valence-electron chi connectivity index (χ1n) is 19.1. The summed E-state index contributed by atoms with van der Waals surface area (Å²) in [5.74, 6) is 0.588. The number of nitrogens with zero attached hydrogens (tertiary/aromatic N) is 2. The fourth-order valence-electron chi connectivity index (χ4n) is 5.08.